The first-order chi connectivity index (χ1) is 8.67. The van der Waals surface area contributed by atoms with Gasteiger partial charge in [-0.15, -0.1) is 0 Å². The highest BCUT2D eigenvalue weighted by atomic mass is 16.2. The highest BCUT2D eigenvalue weighted by molar-refractivity contribution is 5.97. The minimum atomic E-state index is -0.0194. The summed E-state index contributed by atoms with van der Waals surface area (Å²) in [4.78, 5) is 14.4. The molecule has 1 saturated carbocycles. The lowest BCUT2D eigenvalue weighted by atomic mass is 10.2. The topological polar surface area (TPSA) is 64.2 Å². The van der Waals surface area contributed by atoms with Crippen molar-refractivity contribution < 1.29 is 4.79 Å². The molecule has 2 rings (SSSR count). The molecule has 18 heavy (non-hydrogen) atoms. The van der Waals surface area contributed by atoms with Crippen molar-refractivity contribution in [3.63, 3.8) is 0 Å². The van der Waals surface area contributed by atoms with Crippen molar-refractivity contribution >= 4 is 11.6 Å². The lowest BCUT2D eigenvalue weighted by molar-refractivity contribution is 0.0687. The summed E-state index contributed by atoms with van der Waals surface area (Å²) in [5.74, 6) is -0.0194. The van der Waals surface area contributed by atoms with Crippen LogP contribution in [0.2, 0.25) is 0 Å². The molecule has 1 aliphatic rings. The van der Waals surface area contributed by atoms with Crippen LogP contribution in [-0.4, -0.2) is 33.2 Å². The maximum atomic E-state index is 12.5. The Kier molecular flexibility index (Phi) is 3.89. The van der Waals surface area contributed by atoms with E-state index in [4.69, 9.17) is 5.73 Å². The van der Waals surface area contributed by atoms with Crippen molar-refractivity contribution in [2.45, 2.75) is 52.1 Å². The van der Waals surface area contributed by atoms with Gasteiger partial charge in [-0.3, -0.25) is 9.48 Å². The largest absolute Gasteiger partial charge is 0.396 e. The lowest BCUT2D eigenvalue weighted by Crippen LogP contribution is -2.39. The normalized spacial score (nSPS) is 16.1. The van der Waals surface area contributed by atoms with Crippen LogP contribution in [0, 0.1) is 0 Å². The Morgan fingerprint density at radius 2 is 2.17 bits per heavy atom. The van der Waals surface area contributed by atoms with E-state index in [1.54, 1.807) is 10.9 Å². The molecule has 5 heteroatoms. The summed E-state index contributed by atoms with van der Waals surface area (Å²) in [6.07, 6.45) is 6.37. The Hall–Kier alpha value is -1.52. The van der Waals surface area contributed by atoms with Gasteiger partial charge in [0, 0.05) is 25.3 Å². The van der Waals surface area contributed by atoms with Crippen LogP contribution in [0.25, 0.3) is 0 Å². The summed E-state index contributed by atoms with van der Waals surface area (Å²) in [6.45, 7) is 5.45. The van der Waals surface area contributed by atoms with Gasteiger partial charge in [0.05, 0.1) is 5.69 Å². The van der Waals surface area contributed by atoms with Crippen molar-refractivity contribution in [3.8, 4) is 0 Å². The number of carbonyl (C=O) groups is 1. The molecule has 1 fully saturated rings. The van der Waals surface area contributed by atoms with Crippen molar-refractivity contribution in [2.24, 2.45) is 0 Å². The number of hydrogen-bond donors (Lipinski definition) is 1. The van der Waals surface area contributed by atoms with Gasteiger partial charge in [0.25, 0.3) is 5.91 Å². The molecule has 0 spiro atoms. The molecule has 1 aromatic rings. The molecule has 0 radical (unpaired) electrons. The fraction of sp³-hybridized carbons (Fsp3) is 0.692. The van der Waals surface area contributed by atoms with Gasteiger partial charge in [0.2, 0.25) is 0 Å². The molecular weight excluding hydrogens is 228 g/mol. The van der Waals surface area contributed by atoms with E-state index in [1.807, 2.05) is 18.7 Å². The first-order valence-electron chi connectivity index (χ1n) is 6.81. The maximum absolute atomic E-state index is 12.5. The van der Waals surface area contributed by atoms with Gasteiger partial charge in [-0.25, -0.2) is 0 Å². The molecule has 1 aliphatic carbocycles. The predicted molar refractivity (Wildman–Crippen MR) is 71.3 cm³/mol. The molecule has 100 valence electrons. The van der Waals surface area contributed by atoms with Crippen molar-refractivity contribution in [2.75, 3.05) is 12.3 Å². The van der Waals surface area contributed by atoms with E-state index in [9.17, 15) is 4.79 Å². The van der Waals surface area contributed by atoms with E-state index < -0.39 is 0 Å². The van der Waals surface area contributed by atoms with Gasteiger partial charge in [0.15, 0.2) is 5.69 Å². The highest BCUT2D eigenvalue weighted by Crippen LogP contribution is 2.25. The summed E-state index contributed by atoms with van der Waals surface area (Å²) >= 11 is 0. The second-order valence-corrected chi connectivity index (χ2v) is 4.82. The summed E-state index contributed by atoms with van der Waals surface area (Å²) in [6, 6.07) is 0.369. The van der Waals surface area contributed by atoms with Gasteiger partial charge in [-0.2, -0.15) is 5.10 Å². The fourth-order valence-corrected chi connectivity index (χ4v) is 2.68. The van der Waals surface area contributed by atoms with Crippen LogP contribution in [0.15, 0.2) is 6.20 Å². The Balaban J connectivity index is 2.19. The average molecular weight is 250 g/mol. The molecule has 1 amide bonds. The summed E-state index contributed by atoms with van der Waals surface area (Å²) in [5.41, 5.74) is 6.77. The van der Waals surface area contributed by atoms with Gasteiger partial charge < -0.3 is 10.6 Å². The number of rotatable bonds is 4. The Bertz CT molecular complexity index is 421. The van der Waals surface area contributed by atoms with Crippen molar-refractivity contribution in [1.29, 1.82) is 0 Å². The predicted octanol–water partition coefficient (Wildman–Crippen LogP) is 1.89. The number of hydrogen-bond acceptors (Lipinski definition) is 3. The molecule has 0 bridgehead atoms. The molecule has 0 atom stereocenters. The summed E-state index contributed by atoms with van der Waals surface area (Å²) in [7, 11) is 0. The third-order valence-corrected chi connectivity index (χ3v) is 3.68. The number of nitrogens with two attached hydrogens (primary N) is 1. The van der Waals surface area contributed by atoms with Crippen LogP contribution in [0.3, 0.4) is 0 Å². The van der Waals surface area contributed by atoms with Gasteiger partial charge in [0.1, 0.15) is 0 Å². The number of nitrogen functional groups attached to an aromatic ring is 1. The number of aromatic nitrogens is 2. The summed E-state index contributed by atoms with van der Waals surface area (Å²) < 4.78 is 1.71. The SMILES string of the molecule is CCN(C(=O)c1nn(CC)cc1N)C1CCCC1. The van der Waals surface area contributed by atoms with E-state index in [0.29, 0.717) is 17.4 Å². The van der Waals surface area contributed by atoms with Gasteiger partial charge in [-0.05, 0) is 26.7 Å². The fourth-order valence-electron chi connectivity index (χ4n) is 2.68. The van der Waals surface area contributed by atoms with Crippen molar-refractivity contribution in [3.05, 3.63) is 11.9 Å². The minimum Gasteiger partial charge on any atom is -0.396 e. The molecule has 1 heterocycles. The van der Waals surface area contributed by atoms with Crippen LogP contribution in [0.4, 0.5) is 5.69 Å². The van der Waals surface area contributed by atoms with Crippen LogP contribution in [0.5, 0.6) is 0 Å². The number of nitrogens with zero attached hydrogens (tertiary/aromatic N) is 3. The maximum Gasteiger partial charge on any atom is 0.276 e. The molecule has 0 unspecified atom stereocenters. The molecule has 0 saturated heterocycles. The smallest absolute Gasteiger partial charge is 0.276 e. The van der Waals surface area contributed by atoms with Crippen LogP contribution >= 0.6 is 0 Å². The second-order valence-electron chi connectivity index (χ2n) is 4.82. The molecule has 2 N–H and O–H groups in total. The van der Waals surface area contributed by atoms with Crippen molar-refractivity contribution in [1.82, 2.24) is 14.7 Å². The zero-order valence-electron chi connectivity index (χ0n) is 11.2. The van der Waals surface area contributed by atoms with Crippen LogP contribution in [0.1, 0.15) is 50.0 Å². The van der Waals surface area contributed by atoms with E-state index in [1.165, 1.54) is 12.8 Å². The van der Waals surface area contributed by atoms with Crippen LogP contribution < -0.4 is 5.73 Å². The first-order valence-corrected chi connectivity index (χ1v) is 6.81. The minimum absolute atomic E-state index is 0.0194. The zero-order valence-corrected chi connectivity index (χ0v) is 11.2. The second kappa shape index (κ2) is 5.42. The van der Waals surface area contributed by atoms with E-state index in [0.717, 1.165) is 25.9 Å². The number of amides is 1. The lowest BCUT2D eigenvalue weighted by Gasteiger charge is -2.27. The molecule has 5 nitrogen and oxygen atoms in total. The third kappa shape index (κ3) is 2.35. The van der Waals surface area contributed by atoms with Crippen LogP contribution in [-0.2, 0) is 6.54 Å². The average Bonchev–Trinajstić information content (AvgIpc) is 2.99. The molecule has 0 aromatic carbocycles. The van der Waals surface area contributed by atoms with Gasteiger partial charge in [-0.1, -0.05) is 12.8 Å². The van der Waals surface area contributed by atoms with E-state index >= 15 is 0 Å². The number of aryl methyl sites for hydroxylation is 1. The standard InChI is InChI=1S/C13H22N4O/c1-3-16-9-11(14)12(15-16)13(18)17(4-2)10-7-5-6-8-10/h9-10H,3-8,14H2,1-2H3. The highest BCUT2D eigenvalue weighted by Gasteiger charge is 2.28. The number of carbonyl (C=O) groups excluding carboxylic acids is 1. The Morgan fingerprint density at radius 3 is 2.67 bits per heavy atom. The quantitative estimate of drug-likeness (QED) is 0.887. The number of anilines is 1. The molecular formula is C13H22N4O. The zero-order chi connectivity index (χ0) is 13.1. The monoisotopic (exact) mass is 250 g/mol. The summed E-state index contributed by atoms with van der Waals surface area (Å²) in [5, 5.41) is 4.27. The Labute approximate surface area is 108 Å². The van der Waals surface area contributed by atoms with E-state index in [-0.39, 0.29) is 5.91 Å². The third-order valence-electron chi connectivity index (χ3n) is 3.68. The Morgan fingerprint density at radius 1 is 1.50 bits per heavy atom. The first kappa shape index (κ1) is 12.9. The van der Waals surface area contributed by atoms with E-state index in [2.05, 4.69) is 5.10 Å². The van der Waals surface area contributed by atoms with Gasteiger partial charge >= 0.3 is 0 Å². The molecule has 1 aromatic heterocycles. The molecule has 0 aliphatic heterocycles.